The number of nitrogens with two attached hydrogens (primary N) is 1. The van der Waals surface area contributed by atoms with E-state index in [0.29, 0.717) is 15.9 Å². The van der Waals surface area contributed by atoms with Gasteiger partial charge in [-0.3, -0.25) is 0 Å². The fourth-order valence-electron chi connectivity index (χ4n) is 2.29. The lowest BCUT2D eigenvalue weighted by molar-refractivity contribution is 0.706. The van der Waals surface area contributed by atoms with Crippen molar-refractivity contribution in [3.63, 3.8) is 0 Å². The molecule has 0 aliphatic heterocycles. The summed E-state index contributed by atoms with van der Waals surface area (Å²) in [6, 6.07) is 16.1. The molecule has 110 valence electrons. The zero-order valence-electron chi connectivity index (χ0n) is 12.0. The zero-order chi connectivity index (χ0) is 15.2. The summed E-state index contributed by atoms with van der Waals surface area (Å²) in [6.07, 6.45) is 1.02. The van der Waals surface area contributed by atoms with E-state index in [1.807, 2.05) is 18.2 Å². The Morgan fingerprint density at radius 2 is 1.90 bits per heavy atom. The molecule has 1 atom stereocenters. The summed E-state index contributed by atoms with van der Waals surface area (Å²) < 4.78 is 0. The van der Waals surface area contributed by atoms with Gasteiger partial charge in [0.15, 0.2) is 0 Å². The smallest absolute Gasteiger partial charge is 0.107 e. The first-order valence-corrected chi connectivity index (χ1v) is 7.75. The van der Waals surface area contributed by atoms with Crippen molar-refractivity contribution in [1.82, 2.24) is 0 Å². The van der Waals surface area contributed by atoms with E-state index in [2.05, 4.69) is 36.5 Å². The average molecular weight is 319 g/mol. The van der Waals surface area contributed by atoms with Gasteiger partial charge < -0.3 is 11.1 Å². The Hall–Kier alpha value is -1.58. The molecule has 0 fully saturated rings. The van der Waals surface area contributed by atoms with Crippen LogP contribution >= 0.6 is 23.8 Å². The van der Waals surface area contributed by atoms with Crippen LogP contribution in [0.2, 0.25) is 5.02 Å². The molecule has 0 aromatic heterocycles. The van der Waals surface area contributed by atoms with Crippen LogP contribution in [0.5, 0.6) is 0 Å². The minimum atomic E-state index is 0.319. The van der Waals surface area contributed by atoms with Gasteiger partial charge in [0.1, 0.15) is 4.99 Å². The van der Waals surface area contributed by atoms with E-state index in [4.69, 9.17) is 29.6 Å². The van der Waals surface area contributed by atoms with Crippen LogP contribution in [-0.2, 0) is 0 Å². The van der Waals surface area contributed by atoms with Crippen molar-refractivity contribution in [2.75, 3.05) is 11.9 Å². The second-order valence-corrected chi connectivity index (χ2v) is 5.90. The number of anilines is 1. The van der Waals surface area contributed by atoms with Gasteiger partial charge in [-0.15, -0.1) is 0 Å². The van der Waals surface area contributed by atoms with E-state index in [9.17, 15) is 0 Å². The molecule has 1 unspecified atom stereocenters. The standard InChI is InChI=1S/C17H19ClN2S/c1-12(13-6-3-2-4-7-13)10-11-20-15-9-5-8-14(18)16(15)17(19)21/h2-9,12,20H,10-11H2,1H3,(H2,19,21). The van der Waals surface area contributed by atoms with Crippen molar-refractivity contribution >= 4 is 34.5 Å². The molecule has 0 radical (unpaired) electrons. The molecule has 2 rings (SSSR count). The predicted molar refractivity (Wildman–Crippen MR) is 95.3 cm³/mol. The quantitative estimate of drug-likeness (QED) is 0.766. The highest BCUT2D eigenvalue weighted by atomic mass is 35.5. The Bertz CT molecular complexity index is 613. The third kappa shape index (κ3) is 4.19. The van der Waals surface area contributed by atoms with Gasteiger partial charge in [0.2, 0.25) is 0 Å². The van der Waals surface area contributed by atoms with Crippen molar-refractivity contribution in [3.8, 4) is 0 Å². The molecular formula is C17H19ClN2S. The van der Waals surface area contributed by atoms with Gasteiger partial charge in [0, 0.05) is 12.2 Å². The second-order valence-electron chi connectivity index (χ2n) is 5.05. The Balaban J connectivity index is 1.98. The zero-order valence-corrected chi connectivity index (χ0v) is 13.5. The largest absolute Gasteiger partial charge is 0.389 e. The fourth-order valence-corrected chi connectivity index (χ4v) is 2.85. The van der Waals surface area contributed by atoms with Gasteiger partial charge in [-0.05, 0) is 30.0 Å². The van der Waals surface area contributed by atoms with Gasteiger partial charge in [-0.2, -0.15) is 0 Å². The van der Waals surface area contributed by atoms with E-state index in [1.54, 1.807) is 6.07 Å². The first kappa shape index (κ1) is 15.8. The summed E-state index contributed by atoms with van der Waals surface area (Å²) in [5.74, 6) is 0.492. The maximum absolute atomic E-state index is 6.15. The number of halogens is 1. The van der Waals surface area contributed by atoms with Crippen molar-refractivity contribution < 1.29 is 0 Å². The third-order valence-corrected chi connectivity index (χ3v) is 4.04. The molecule has 0 aliphatic carbocycles. The highest BCUT2D eigenvalue weighted by molar-refractivity contribution is 7.80. The lowest BCUT2D eigenvalue weighted by atomic mass is 9.98. The Morgan fingerprint density at radius 3 is 2.57 bits per heavy atom. The molecule has 0 aliphatic rings. The first-order valence-electron chi connectivity index (χ1n) is 6.96. The summed E-state index contributed by atoms with van der Waals surface area (Å²) >= 11 is 11.2. The van der Waals surface area contributed by atoms with Crippen LogP contribution < -0.4 is 11.1 Å². The van der Waals surface area contributed by atoms with Crippen LogP contribution in [0, 0.1) is 0 Å². The summed E-state index contributed by atoms with van der Waals surface area (Å²) in [6.45, 7) is 3.06. The van der Waals surface area contributed by atoms with E-state index in [0.717, 1.165) is 24.2 Å². The summed E-state index contributed by atoms with van der Waals surface area (Å²) in [5.41, 5.74) is 8.71. The van der Waals surface area contributed by atoms with Crippen LogP contribution in [0.1, 0.15) is 30.4 Å². The lowest BCUT2D eigenvalue weighted by Gasteiger charge is -2.15. The number of hydrogen-bond acceptors (Lipinski definition) is 2. The third-order valence-electron chi connectivity index (χ3n) is 3.52. The molecule has 3 N–H and O–H groups in total. The van der Waals surface area contributed by atoms with Crippen LogP contribution in [0.15, 0.2) is 48.5 Å². The van der Waals surface area contributed by atoms with Crippen LogP contribution in [0.4, 0.5) is 5.69 Å². The molecule has 2 nitrogen and oxygen atoms in total. The van der Waals surface area contributed by atoms with Crippen molar-refractivity contribution in [2.45, 2.75) is 19.3 Å². The van der Waals surface area contributed by atoms with E-state index in [1.165, 1.54) is 5.56 Å². The molecular weight excluding hydrogens is 300 g/mol. The highest BCUT2D eigenvalue weighted by Crippen LogP contribution is 2.25. The number of nitrogens with one attached hydrogen (secondary N) is 1. The number of benzene rings is 2. The topological polar surface area (TPSA) is 38.0 Å². The minimum absolute atomic E-state index is 0.319. The van der Waals surface area contributed by atoms with Crippen LogP contribution in [0.25, 0.3) is 0 Å². The lowest BCUT2D eigenvalue weighted by Crippen LogP contribution is -2.15. The molecule has 0 saturated carbocycles. The molecule has 21 heavy (non-hydrogen) atoms. The molecule has 0 amide bonds. The molecule has 0 bridgehead atoms. The van der Waals surface area contributed by atoms with Crippen molar-refractivity contribution in [2.24, 2.45) is 5.73 Å². The number of rotatable bonds is 6. The predicted octanol–water partition coefficient (Wildman–Crippen LogP) is 4.58. The maximum Gasteiger partial charge on any atom is 0.107 e. The molecule has 2 aromatic rings. The fraction of sp³-hybridized carbons (Fsp3) is 0.235. The van der Waals surface area contributed by atoms with Gasteiger partial charge >= 0.3 is 0 Å². The van der Waals surface area contributed by atoms with Crippen LogP contribution in [0.3, 0.4) is 0 Å². The Kier molecular flexibility index (Phi) is 5.59. The highest BCUT2D eigenvalue weighted by Gasteiger charge is 2.10. The summed E-state index contributed by atoms with van der Waals surface area (Å²) in [7, 11) is 0. The molecule has 0 heterocycles. The van der Waals surface area contributed by atoms with Crippen LogP contribution in [-0.4, -0.2) is 11.5 Å². The van der Waals surface area contributed by atoms with Gasteiger partial charge in [0.05, 0.1) is 10.6 Å². The van der Waals surface area contributed by atoms with Gasteiger partial charge in [-0.1, -0.05) is 67.1 Å². The Morgan fingerprint density at radius 1 is 1.19 bits per heavy atom. The Labute approximate surface area is 136 Å². The second kappa shape index (κ2) is 7.43. The van der Waals surface area contributed by atoms with E-state index >= 15 is 0 Å². The summed E-state index contributed by atoms with van der Waals surface area (Å²) in [4.78, 5) is 0.319. The molecule has 0 saturated heterocycles. The number of hydrogen-bond donors (Lipinski definition) is 2. The van der Waals surface area contributed by atoms with Crippen molar-refractivity contribution in [1.29, 1.82) is 0 Å². The molecule has 4 heteroatoms. The van der Waals surface area contributed by atoms with E-state index in [-0.39, 0.29) is 0 Å². The van der Waals surface area contributed by atoms with Crippen molar-refractivity contribution in [3.05, 3.63) is 64.7 Å². The van der Waals surface area contributed by atoms with Gasteiger partial charge in [-0.25, -0.2) is 0 Å². The monoisotopic (exact) mass is 318 g/mol. The maximum atomic E-state index is 6.15. The normalized spacial score (nSPS) is 11.9. The minimum Gasteiger partial charge on any atom is -0.389 e. The number of thiocarbonyl (C=S) groups is 1. The molecule has 2 aromatic carbocycles. The SMILES string of the molecule is CC(CCNc1cccc(Cl)c1C(N)=S)c1ccccc1. The summed E-state index contributed by atoms with van der Waals surface area (Å²) in [5, 5.41) is 3.97. The molecule has 0 spiro atoms. The first-order chi connectivity index (χ1) is 10.1. The van der Waals surface area contributed by atoms with E-state index < -0.39 is 0 Å². The van der Waals surface area contributed by atoms with Gasteiger partial charge in [0.25, 0.3) is 0 Å². The average Bonchev–Trinajstić information content (AvgIpc) is 2.47.